The third kappa shape index (κ3) is 7.02. The van der Waals surface area contributed by atoms with E-state index in [2.05, 4.69) is 19.4 Å². The summed E-state index contributed by atoms with van der Waals surface area (Å²) in [5.74, 6) is 1.47. The van der Waals surface area contributed by atoms with Crippen LogP contribution in [0.1, 0.15) is 23.2 Å². The summed E-state index contributed by atoms with van der Waals surface area (Å²) in [4.78, 5) is 13.5. The van der Waals surface area contributed by atoms with E-state index >= 15 is 0 Å². The second kappa shape index (κ2) is 10.7. The summed E-state index contributed by atoms with van der Waals surface area (Å²) >= 11 is 0. The number of benzene rings is 2. The first kappa shape index (κ1) is 20.0. The molecule has 5 heteroatoms. The molecule has 0 bridgehead atoms. The number of quaternary nitrogens is 1. The third-order valence-corrected chi connectivity index (χ3v) is 3.48. The standard InChI is InChI=1S/C19H24N2O2.ClH/c1-21(2)15-7-6-14-20-19(22)16-10-12-18(13-11-16)23-17-8-4-3-5-9-17;/h3-5,8-13H,6-7,14-15H2,1-2H3,(H,20,22);1H. The number of nitrogens with one attached hydrogen (secondary N) is 2. The molecule has 0 unspecified atom stereocenters. The van der Waals surface area contributed by atoms with Crippen LogP contribution in [0.4, 0.5) is 0 Å². The topological polar surface area (TPSA) is 42.8 Å². The Morgan fingerprint density at radius 2 is 1.58 bits per heavy atom. The van der Waals surface area contributed by atoms with Gasteiger partial charge < -0.3 is 27.4 Å². The van der Waals surface area contributed by atoms with Crippen molar-refractivity contribution >= 4 is 5.91 Å². The maximum atomic E-state index is 12.1. The van der Waals surface area contributed by atoms with Crippen LogP contribution in [0.5, 0.6) is 11.5 Å². The van der Waals surface area contributed by atoms with Gasteiger partial charge in [0.05, 0.1) is 20.6 Å². The highest BCUT2D eigenvalue weighted by atomic mass is 35.5. The number of para-hydroxylation sites is 1. The molecule has 24 heavy (non-hydrogen) atoms. The van der Waals surface area contributed by atoms with Crippen molar-refractivity contribution in [3.8, 4) is 11.5 Å². The minimum absolute atomic E-state index is 0. The SMILES string of the molecule is C[NH+](C)CCCCNC(=O)c1ccc(Oc2ccccc2)cc1.[Cl-]. The molecule has 130 valence electrons. The second-order valence-electron chi connectivity index (χ2n) is 5.86. The molecule has 2 aromatic carbocycles. The Morgan fingerprint density at radius 1 is 0.958 bits per heavy atom. The minimum Gasteiger partial charge on any atom is -1.00 e. The van der Waals surface area contributed by atoms with E-state index in [0.717, 1.165) is 30.9 Å². The summed E-state index contributed by atoms with van der Waals surface area (Å²) in [6.45, 7) is 1.84. The lowest BCUT2D eigenvalue weighted by Gasteiger charge is -2.09. The number of amides is 1. The number of rotatable bonds is 8. The molecule has 2 N–H and O–H groups in total. The molecule has 0 aliphatic heterocycles. The van der Waals surface area contributed by atoms with Crippen molar-refractivity contribution in [2.45, 2.75) is 12.8 Å². The number of carbonyl (C=O) groups excluding carboxylic acids is 1. The van der Waals surface area contributed by atoms with Crippen LogP contribution in [0.3, 0.4) is 0 Å². The van der Waals surface area contributed by atoms with Crippen LogP contribution in [0.15, 0.2) is 54.6 Å². The summed E-state index contributed by atoms with van der Waals surface area (Å²) in [7, 11) is 4.27. The van der Waals surface area contributed by atoms with Gasteiger partial charge in [0, 0.05) is 12.1 Å². The van der Waals surface area contributed by atoms with E-state index in [-0.39, 0.29) is 18.3 Å². The van der Waals surface area contributed by atoms with Crippen LogP contribution in [0, 0.1) is 0 Å². The highest BCUT2D eigenvalue weighted by molar-refractivity contribution is 5.94. The molecule has 2 rings (SSSR count). The van der Waals surface area contributed by atoms with E-state index in [9.17, 15) is 4.79 Å². The van der Waals surface area contributed by atoms with Crippen LogP contribution >= 0.6 is 0 Å². The number of carbonyl (C=O) groups is 1. The lowest BCUT2D eigenvalue weighted by molar-refractivity contribution is -0.858. The summed E-state index contributed by atoms with van der Waals surface area (Å²) in [5, 5.41) is 2.95. The van der Waals surface area contributed by atoms with Crippen LogP contribution < -0.4 is 27.4 Å². The van der Waals surface area contributed by atoms with Crippen molar-refractivity contribution < 1.29 is 26.8 Å². The van der Waals surface area contributed by atoms with Crippen LogP contribution in [-0.4, -0.2) is 33.1 Å². The third-order valence-electron chi connectivity index (χ3n) is 3.48. The number of ether oxygens (including phenoxy) is 1. The fourth-order valence-corrected chi connectivity index (χ4v) is 2.21. The summed E-state index contributed by atoms with van der Waals surface area (Å²) in [6.07, 6.45) is 2.12. The lowest BCUT2D eigenvalue weighted by atomic mass is 10.2. The Labute approximate surface area is 150 Å². The van der Waals surface area contributed by atoms with Gasteiger partial charge in [-0.2, -0.15) is 0 Å². The molecule has 0 heterocycles. The first-order valence-electron chi connectivity index (χ1n) is 8.05. The van der Waals surface area contributed by atoms with E-state index in [1.54, 1.807) is 12.1 Å². The number of hydrogen-bond acceptors (Lipinski definition) is 2. The van der Waals surface area contributed by atoms with Crippen LogP contribution in [0.25, 0.3) is 0 Å². The molecule has 0 fully saturated rings. The van der Waals surface area contributed by atoms with Crippen molar-refractivity contribution in [3.63, 3.8) is 0 Å². The Hall–Kier alpha value is -2.04. The van der Waals surface area contributed by atoms with Gasteiger partial charge >= 0.3 is 0 Å². The molecule has 4 nitrogen and oxygen atoms in total. The van der Waals surface area contributed by atoms with Gasteiger partial charge in [-0.1, -0.05) is 18.2 Å². The Morgan fingerprint density at radius 3 is 2.21 bits per heavy atom. The van der Waals surface area contributed by atoms with Crippen molar-refractivity contribution in [1.29, 1.82) is 0 Å². The van der Waals surface area contributed by atoms with Crippen LogP contribution in [0.2, 0.25) is 0 Å². The molecule has 0 aliphatic carbocycles. The Bertz CT molecular complexity index is 601. The van der Waals surface area contributed by atoms with Crippen molar-refractivity contribution in [3.05, 3.63) is 60.2 Å². The largest absolute Gasteiger partial charge is 1.00 e. The predicted molar refractivity (Wildman–Crippen MR) is 92.2 cm³/mol. The molecule has 0 radical (unpaired) electrons. The van der Waals surface area contributed by atoms with E-state index in [1.807, 2.05) is 42.5 Å². The Kier molecular flexibility index (Phi) is 8.90. The molecule has 0 spiro atoms. The zero-order valence-corrected chi connectivity index (χ0v) is 15.0. The molecule has 1 amide bonds. The molecule has 0 aliphatic rings. The molecular formula is C19H25ClN2O2. The minimum atomic E-state index is -0.0338. The van der Waals surface area contributed by atoms with Gasteiger partial charge in [-0.15, -0.1) is 0 Å². The lowest BCUT2D eigenvalue weighted by Crippen LogP contribution is -3.05. The monoisotopic (exact) mass is 348 g/mol. The van der Waals surface area contributed by atoms with Gasteiger partial charge in [-0.05, 0) is 49.2 Å². The molecule has 0 aromatic heterocycles. The number of unbranched alkanes of at least 4 members (excludes halogenated alkanes) is 1. The van der Waals surface area contributed by atoms with E-state index < -0.39 is 0 Å². The smallest absolute Gasteiger partial charge is 0.251 e. The molecule has 0 saturated heterocycles. The summed E-state index contributed by atoms with van der Waals surface area (Å²) < 4.78 is 5.71. The van der Waals surface area contributed by atoms with Crippen molar-refractivity contribution in [1.82, 2.24) is 5.32 Å². The number of hydrogen-bond donors (Lipinski definition) is 2. The average molecular weight is 349 g/mol. The first-order chi connectivity index (χ1) is 11.1. The Balaban J connectivity index is 0.00000288. The predicted octanol–water partition coefficient (Wildman–Crippen LogP) is -0.863. The molecule has 0 atom stereocenters. The fraction of sp³-hybridized carbons (Fsp3) is 0.316. The maximum absolute atomic E-state index is 12.1. The van der Waals surface area contributed by atoms with E-state index in [0.29, 0.717) is 12.1 Å². The summed E-state index contributed by atoms with van der Waals surface area (Å²) in [6, 6.07) is 16.8. The van der Waals surface area contributed by atoms with Crippen molar-refractivity contribution in [2.24, 2.45) is 0 Å². The zero-order chi connectivity index (χ0) is 16.5. The van der Waals surface area contributed by atoms with Gasteiger partial charge in [0.1, 0.15) is 11.5 Å². The highest BCUT2D eigenvalue weighted by Crippen LogP contribution is 2.21. The highest BCUT2D eigenvalue weighted by Gasteiger charge is 2.05. The second-order valence-corrected chi connectivity index (χ2v) is 5.86. The fourth-order valence-electron chi connectivity index (χ4n) is 2.21. The molecule has 2 aromatic rings. The van der Waals surface area contributed by atoms with E-state index in [4.69, 9.17) is 4.74 Å². The first-order valence-corrected chi connectivity index (χ1v) is 8.05. The molecule has 0 saturated carbocycles. The van der Waals surface area contributed by atoms with Gasteiger partial charge in [0.25, 0.3) is 5.91 Å². The van der Waals surface area contributed by atoms with Gasteiger partial charge in [-0.3, -0.25) is 4.79 Å². The number of halogens is 1. The quantitative estimate of drug-likeness (QED) is 0.610. The molecular weight excluding hydrogens is 324 g/mol. The van der Waals surface area contributed by atoms with Gasteiger partial charge in [0.2, 0.25) is 0 Å². The van der Waals surface area contributed by atoms with Crippen LogP contribution in [-0.2, 0) is 0 Å². The van der Waals surface area contributed by atoms with E-state index in [1.165, 1.54) is 4.90 Å². The maximum Gasteiger partial charge on any atom is 0.251 e. The normalized spacial score (nSPS) is 10.1. The van der Waals surface area contributed by atoms with Crippen molar-refractivity contribution in [2.75, 3.05) is 27.2 Å². The van der Waals surface area contributed by atoms with Gasteiger partial charge in [-0.25, -0.2) is 0 Å². The van der Waals surface area contributed by atoms with Gasteiger partial charge in [0.15, 0.2) is 0 Å². The summed E-state index contributed by atoms with van der Waals surface area (Å²) in [5.41, 5.74) is 0.656. The average Bonchev–Trinajstić information content (AvgIpc) is 2.56. The zero-order valence-electron chi connectivity index (χ0n) is 14.2.